The fraction of sp³-hybridized carbons (Fsp3) is 0.571. The molecule has 1 N–H and O–H groups in total. The molecule has 2 rings (SSSR count). The molecule has 1 aliphatic carbocycles. The minimum atomic E-state index is 0. The number of hydrogen-bond donors (Lipinski definition) is 1. The molecule has 1 fully saturated rings. The van der Waals surface area contributed by atoms with Crippen molar-refractivity contribution in [1.29, 1.82) is 0 Å². The van der Waals surface area contributed by atoms with Crippen LogP contribution >= 0.6 is 24.2 Å². The molecular formula is C14H22ClNS. The Labute approximate surface area is 115 Å². The highest BCUT2D eigenvalue weighted by Gasteiger charge is 2.35. The average Bonchev–Trinajstić information content (AvgIpc) is 3.06. The van der Waals surface area contributed by atoms with Gasteiger partial charge in [-0.15, -0.1) is 24.2 Å². The van der Waals surface area contributed by atoms with E-state index in [1.807, 2.05) is 0 Å². The molecule has 0 amide bonds. The summed E-state index contributed by atoms with van der Waals surface area (Å²) in [5.74, 6) is 0.954. The zero-order valence-corrected chi connectivity index (χ0v) is 12.2. The standard InChI is InChI=1S/C14H21NS.ClH/c1-3-4-12-9-14(12)15-10-11-5-7-13(16-2)8-6-11;/h5-8,12,14-15H,3-4,9-10H2,1-2H3;1H. The minimum Gasteiger partial charge on any atom is -0.310 e. The van der Waals surface area contributed by atoms with Crippen LogP contribution in [-0.4, -0.2) is 12.3 Å². The quantitative estimate of drug-likeness (QED) is 0.782. The molecule has 2 atom stereocenters. The van der Waals surface area contributed by atoms with Gasteiger partial charge in [0.2, 0.25) is 0 Å². The van der Waals surface area contributed by atoms with E-state index < -0.39 is 0 Å². The van der Waals surface area contributed by atoms with Crippen LogP contribution in [0.4, 0.5) is 0 Å². The van der Waals surface area contributed by atoms with Gasteiger partial charge in [0.15, 0.2) is 0 Å². The number of hydrogen-bond acceptors (Lipinski definition) is 2. The maximum absolute atomic E-state index is 3.64. The second-order valence-electron chi connectivity index (χ2n) is 4.62. The maximum atomic E-state index is 3.64. The van der Waals surface area contributed by atoms with Crippen molar-refractivity contribution in [3.8, 4) is 0 Å². The molecule has 0 radical (unpaired) electrons. The van der Waals surface area contributed by atoms with Crippen LogP contribution in [0, 0.1) is 5.92 Å². The number of benzene rings is 1. The van der Waals surface area contributed by atoms with E-state index in [4.69, 9.17) is 0 Å². The molecule has 1 aromatic carbocycles. The van der Waals surface area contributed by atoms with Gasteiger partial charge in [-0.1, -0.05) is 25.5 Å². The van der Waals surface area contributed by atoms with Gasteiger partial charge in [0.05, 0.1) is 0 Å². The monoisotopic (exact) mass is 271 g/mol. The molecule has 3 heteroatoms. The van der Waals surface area contributed by atoms with Gasteiger partial charge >= 0.3 is 0 Å². The zero-order chi connectivity index (χ0) is 11.4. The van der Waals surface area contributed by atoms with E-state index >= 15 is 0 Å². The highest BCUT2D eigenvalue weighted by Crippen LogP contribution is 2.34. The van der Waals surface area contributed by atoms with Crippen LogP contribution in [0.2, 0.25) is 0 Å². The van der Waals surface area contributed by atoms with Gasteiger partial charge in [-0.25, -0.2) is 0 Å². The van der Waals surface area contributed by atoms with Crippen molar-refractivity contribution in [2.75, 3.05) is 6.26 Å². The Morgan fingerprint density at radius 3 is 2.59 bits per heavy atom. The fourth-order valence-electron chi connectivity index (χ4n) is 2.18. The second kappa shape index (κ2) is 7.30. The first-order valence-corrected chi connectivity index (χ1v) is 7.42. The summed E-state index contributed by atoms with van der Waals surface area (Å²) >= 11 is 1.80. The van der Waals surface area contributed by atoms with Gasteiger partial charge in [-0.3, -0.25) is 0 Å². The third-order valence-electron chi connectivity index (χ3n) is 3.31. The van der Waals surface area contributed by atoms with E-state index in [1.54, 1.807) is 11.8 Å². The van der Waals surface area contributed by atoms with E-state index in [1.165, 1.54) is 29.7 Å². The fourth-order valence-corrected chi connectivity index (χ4v) is 2.59. The summed E-state index contributed by atoms with van der Waals surface area (Å²) in [6.07, 6.45) is 6.22. The Morgan fingerprint density at radius 1 is 1.29 bits per heavy atom. The van der Waals surface area contributed by atoms with Crippen LogP contribution in [0.5, 0.6) is 0 Å². The molecule has 1 nitrogen and oxygen atoms in total. The topological polar surface area (TPSA) is 12.0 Å². The number of nitrogens with one attached hydrogen (secondary N) is 1. The van der Waals surface area contributed by atoms with Crippen LogP contribution < -0.4 is 5.32 Å². The van der Waals surface area contributed by atoms with Crippen molar-refractivity contribution in [3.63, 3.8) is 0 Å². The molecule has 2 unspecified atom stereocenters. The van der Waals surface area contributed by atoms with Crippen LogP contribution in [0.3, 0.4) is 0 Å². The third kappa shape index (κ3) is 4.53. The lowest BCUT2D eigenvalue weighted by atomic mass is 10.2. The first-order valence-electron chi connectivity index (χ1n) is 6.19. The maximum Gasteiger partial charge on any atom is 0.0208 e. The van der Waals surface area contributed by atoms with E-state index in [0.717, 1.165) is 18.5 Å². The molecule has 0 heterocycles. The third-order valence-corrected chi connectivity index (χ3v) is 4.05. The summed E-state index contributed by atoms with van der Waals surface area (Å²) in [5, 5.41) is 3.64. The van der Waals surface area contributed by atoms with Gasteiger partial charge in [0, 0.05) is 17.5 Å². The van der Waals surface area contributed by atoms with Crippen molar-refractivity contribution in [2.45, 2.75) is 43.7 Å². The average molecular weight is 272 g/mol. The molecule has 0 aromatic heterocycles. The van der Waals surface area contributed by atoms with Crippen LogP contribution in [0.1, 0.15) is 31.7 Å². The lowest BCUT2D eigenvalue weighted by molar-refractivity contribution is 0.599. The van der Waals surface area contributed by atoms with Crippen LogP contribution in [-0.2, 0) is 6.54 Å². The van der Waals surface area contributed by atoms with Crippen LogP contribution in [0.25, 0.3) is 0 Å². The zero-order valence-electron chi connectivity index (χ0n) is 10.6. The van der Waals surface area contributed by atoms with Crippen molar-refractivity contribution >= 4 is 24.2 Å². The highest BCUT2D eigenvalue weighted by atomic mass is 35.5. The van der Waals surface area contributed by atoms with Gasteiger partial charge in [0.25, 0.3) is 0 Å². The lowest BCUT2D eigenvalue weighted by Gasteiger charge is -2.05. The molecule has 0 bridgehead atoms. The molecule has 96 valence electrons. The molecule has 0 saturated heterocycles. The second-order valence-corrected chi connectivity index (χ2v) is 5.50. The highest BCUT2D eigenvalue weighted by molar-refractivity contribution is 7.98. The normalized spacial score (nSPS) is 22.0. The molecule has 1 aliphatic rings. The smallest absolute Gasteiger partial charge is 0.0208 e. The van der Waals surface area contributed by atoms with Crippen molar-refractivity contribution in [2.24, 2.45) is 5.92 Å². The Balaban J connectivity index is 0.00000144. The molecule has 0 spiro atoms. The summed E-state index contributed by atoms with van der Waals surface area (Å²) in [5.41, 5.74) is 1.40. The molecule has 0 aliphatic heterocycles. The van der Waals surface area contributed by atoms with E-state index in [0.29, 0.717) is 0 Å². The van der Waals surface area contributed by atoms with E-state index in [-0.39, 0.29) is 12.4 Å². The predicted molar refractivity (Wildman–Crippen MR) is 79.1 cm³/mol. The summed E-state index contributed by atoms with van der Waals surface area (Å²) in [4.78, 5) is 1.35. The summed E-state index contributed by atoms with van der Waals surface area (Å²) in [7, 11) is 0. The molecule has 1 saturated carbocycles. The predicted octanol–water partition coefficient (Wildman–Crippen LogP) is 4.11. The molecular weight excluding hydrogens is 250 g/mol. The van der Waals surface area contributed by atoms with Crippen molar-refractivity contribution < 1.29 is 0 Å². The van der Waals surface area contributed by atoms with E-state index in [9.17, 15) is 0 Å². The number of thioether (sulfide) groups is 1. The summed E-state index contributed by atoms with van der Waals surface area (Å²) in [6, 6.07) is 9.67. The Morgan fingerprint density at radius 2 is 2.00 bits per heavy atom. The minimum absolute atomic E-state index is 0. The van der Waals surface area contributed by atoms with Gasteiger partial charge in [-0.05, 0) is 42.7 Å². The lowest BCUT2D eigenvalue weighted by Crippen LogP contribution is -2.17. The Bertz CT molecular complexity index is 325. The Kier molecular flexibility index (Phi) is 6.39. The number of rotatable bonds is 6. The largest absolute Gasteiger partial charge is 0.310 e. The van der Waals surface area contributed by atoms with E-state index in [2.05, 4.69) is 42.8 Å². The van der Waals surface area contributed by atoms with Crippen molar-refractivity contribution in [3.05, 3.63) is 29.8 Å². The first-order chi connectivity index (χ1) is 7.83. The molecule has 17 heavy (non-hydrogen) atoms. The van der Waals surface area contributed by atoms with Gasteiger partial charge in [-0.2, -0.15) is 0 Å². The van der Waals surface area contributed by atoms with Crippen molar-refractivity contribution in [1.82, 2.24) is 5.32 Å². The number of halogens is 1. The molecule has 1 aromatic rings. The Hall–Kier alpha value is -0.180. The van der Waals surface area contributed by atoms with Gasteiger partial charge in [0.1, 0.15) is 0 Å². The first kappa shape index (κ1) is 14.9. The SMILES string of the molecule is CCCC1CC1NCc1ccc(SC)cc1.Cl. The van der Waals surface area contributed by atoms with Crippen LogP contribution in [0.15, 0.2) is 29.2 Å². The van der Waals surface area contributed by atoms with Gasteiger partial charge < -0.3 is 5.32 Å². The summed E-state index contributed by atoms with van der Waals surface area (Å²) < 4.78 is 0. The summed E-state index contributed by atoms with van der Waals surface area (Å²) in [6.45, 7) is 3.30.